The lowest BCUT2D eigenvalue weighted by molar-refractivity contribution is -0.152. The van der Waals surface area contributed by atoms with Gasteiger partial charge in [0.25, 0.3) is 0 Å². The average Bonchev–Trinajstić information content (AvgIpc) is 3.24. The summed E-state index contributed by atoms with van der Waals surface area (Å²) < 4.78 is 4.70. The minimum absolute atomic E-state index is 0.270. The maximum Gasteiger partial charge on any atom is 0.321 e. The third-order valence-electron chi connectivity index (χ3n) is 3.76. The number of benzene rings is 1. The van der Waals surface area contributed by atoms with Gasteiger partial charge >= 0.3 is 5.97 Å². The maximum atomic E-state index is 12.1. The number of esters is 1. The second-order valence-corrected chi connectivity index (χ2v) is 6.12. The van der Waals surface area contributed by atoms with Crippen molar-refractivity contribution in [1.29, 1.82) is 0 Å². The van der Waals surface area contributed by atoms with Crippen LogP contribution in [-0.2, 0) is 20.9 Å². The molecule has 0 spiro atoms. The Labute approximate surface area is 132 Å². The van der Waals surface area contributed by atoms with Crippen LogP contribution in [0.1, 0.15) is 18.5 Å². The number of ether oxygens (including phenoxy) is 1. The van der Waals surface area contributed by atoms with Crippen molar-refractivity contribution < 1.29 is 14.3 Å². The van der Waals surface area contributed by atoms with E-state index in [4.69, 9.17) is 4.74 Å². The first-order chi connectivity index (χ1) is 10.7. The maximum absolute atomic E-state index is 12.1. The number of amides is 1. The third-order valence-corrected chi connectivity index (χ3v) is 4.70. The number of carbonyl (C=O) groups excluding carboxylic acids is 2. The van der Waals surface area contributed by atoms with E-state index in [1.165, 1.54) is 18.4 Å². The van der Waals surface area contributed by atoms with Crippen LogP contribution in [0.2, 0.25) is 0 Å². The summed E-state index contributed by atoms with van der Waals surface area (Å²) >= 11 is 1.53. The van der Waals surface area contributed by atoms with E-state index in [1.807, 2.05) is 35.7 Å². The van der Waals surface area contributed by atoms with Crippen LogP contribution in [0.5, 0.6) is 0 Å². The van der Waals surface area contributed by atoms with Crippen LogP contribution < -0.4 is 5.32 Å². The molecule has 114 valence electrons. The standard InChI is InChI=1S/C16H16N2O3S/c1-21-15(20)16(7-8-16)14(19)17-9-12-10-22-13(18-12)11-5-3-2-4-6-11/h2-6,10H,7-9H2,1H3,(H,17,19). The summed E-state index contributed by atoms with van der Waals surface area (Å²) in [4.78, 5) is 28.3. The Morgan fingerprint density at radius 3 is 2.68 bits per heavy atom. The Bertz CT molecular complexity index is 692. The number of hydrogen-bond acceptors (Lipinski definition) is 5. The summed E-state index contributed by atoms with van der Waals surface area (Å²) in [6.07, 6.45) is 1.11. The number of carbonyl (C=O) groups is 2. The average molecular weight is 316 g/mol. The molecule has 0 atom stereocenters. The van der Waals surface area contributed by atoms with Gasteiger partial charge in [0.2, 0.25) is 5.91 Å². The number of nitrogens with one attached hydrogen (secondary N) is 1. The molecule has 1 aliphatic carbocycles. The van der Waals surface area contributed by atoms with Gasteiger partial charge in [-0.2, -0.15) is 0 Å². The lowest BCUT2D eigenvalue weighted by Gasteiger charge is -2.11. The van der Waals surface area contributed by atoms with Crippen LogP contribution >= 0.6 is 11.3 Å². The molecule has 22 heavy (non-hydrogen) atoms. The zero-order chi connectivity index (χ0) is 15.6. The van der Waals surface area contributed by atoms with Gasteiger partial charge in [-0.25, -0.2) is 4.98 Å². The molecular formula is C16H16N2O3S. The van der Waals surface area contributed by atoms with Crippen molar-refractivity contribution in [3.05, 3.63) is 41.4 Å². The van der Waals surface area contributed by atoms with Crippen molar-refractivity contribution in [2.24, 2.45) is 5.41 Å². The molecule has 1 N–H and O–H groups in total. The van der Waals surface area contributed by atoms with E-state index in [2.05, 4.69) is 10.3 Å². The monoisotopic (exact) mass is 316 g/mol. The van der Waals surface area contributed by atoms with E-state index in [1.54, 1.807) is 0 Å². The van der Waals surface area contributed by atoms with Crippen molar-refractivity contribution in [1.82, 2.24) is 10.3 Å². The van der Waals surface area contributed by atoms with E-state index < -0.39 is 11.4 Å². The second kappa shape index (κ2) is 5.88. The van der Waals surface area contributed by atoms with Crippen molar-refractivity contribution in [2.45, 2.75) is 19.4 Å². The molecule has 2 aromatic rings. The molecule has 1 saturated carbocycles. The van der Waals surface area contributed by atoms with E-state index in [-0.39, 0.29) is 5.91 Å². The molecular weight excluding hydrogens is 300 g/mol. The van der Waals surface area contributed by atoms with Gasteiger partial charge in [-0.3, -0.25) is 9.59 Å². The van der Waals surface area contributed by atoms with Crippen molar-refractivity contribution >= 4 is 23.2 Å². The topological polar surface area (TPSA) is 68.3 Å². The Hall–Kier alpha value is -2.21. The zero-order valence-electron chi connectivity index (χ0n) is 12.2. The summed E-state index contributed by atoms with van der Waals surface area (Å²) in [5.74, 6) is -0.720. The SMILES string of the molecule is COC(=O)C1(C(=O)NCc2csc(-c3ccccc3)n2)CC1. The number of thiazole rings is 1. The molecule has 1 heterocycles. The van der Waals surface area contributed by atoms with Crippen LogP contribution in [0.3, 0.4) is 0 Å². The van der Waals surface area contributed by atoms with Crippen molar-refractivity contribution in [3.63, 3.8) is 0 Å². The molecule has 0 saturated heterocycles. The predicted molar refractivity (Wildman–Crippen MR) is 83.1 cm³/mol. The highest BCUT2D eigenvalue weighted by Crippen LogP contribution is 2.46. The van der Waals surface area contributed by atoms with Gasteiger partial charge in [-0.1, -0.05) is 30.3 Å². The molecule has 3 rings (SSSR count). The van der Waals surface area contributed by atoms with Crippen LogP contribution in [0.15, 0.2) is 35.7 Å². The van der Waals surface area contributed by atoms with Crippen molar-refractivity contribution in [3.8, 4) is 10.6 Å². The minimum atomic E-state index is -0.965. The van der Waals surface area contributed by atoms with Crippen LogP contribution in [-0.4, -0.2) is 24.0 Å². The van der Waals surface area contributed by atoms with Gasteiger partial charge in [-0.15, -0.1) is 11.3 Å². The van der Waals surface area contributed by atoms with Gasteiger partial charge in [0, 0.05) is 10.9 Å². The summed E-state index contributed by atoms with van der Waals surface area (Å²) in [6.45, 7) is 0.320. The molecule has 0 bridgehead atoms. The fourth-order valence-corrected chi connectivity index (χ4v) is 3.11. The highest BCUT2D eigenvalue weighted by Gasteiger charge is 2.57. The fourth-order valence-electron chi connectivity index (χ4n) is 2.29. The molecule has 1 aliphatic rings. The second-order valence-electron chi connectivity index (χ2n) is 5.27. The van der Waals surface area contributed by atoms with Gasteiger partial charge in [0.15, 0.2) is 0 Å². The summed E-state index contributed by atoms with van der Waals surface area (Å²) in [6, 6.07) is 9.88. The molecule has 6 heteroatoms. The lowest BCUT2D eigenvalue weighted by atomic mass is 10.1. The molecule has 1 aromatic heterocycles. The summed E-state index contributed by atoms with van der Waals surface area (Å²) in [7, 11) is 1.31. The van der Waals surface area contributed by atoms with E-state index in [0.717, 1.165) is 16.3 Å². The van der Waals surface area contributed by atoms with Crippen LogP contribution in [0.4, 0.5) is 0 Å². The first kappa shape index (κ1) is 14.7. The van der Waals surface area contributed by atoms with Gasteiger partial charge in [0.05, 0.1) is 19.3 Å². The van der Waals surface area contributed by atoms with E-state index in [0.29, 0.717) is 19.4 Å². The Kier molecular flexibility index (Phi) is 3.94. The number of nitrogens with zero attached hydrogens (tertiary/aromatic N) is 1. The van der Waals surface area contributed by atoms with Gasteiger partial charge in [0.1, 0.15) is 10.4 Å². The highest BCUT2D eigenvalue weighted by molar-refractivity contribution is 7.13. The lowest BCUT2D eigenvalue weighted by Crippen LogP contribution is -2.37. The van der Waals surface area contributed by atoms with Crippen LogP contribution in [0, 0.1) is 5.41 Å². The Morgan fingerprint density at radius 2 is 2.05 bits per heavy atom. The van der Waals surface area contributed by atoms with Gasteiger partial charge < -0.3 is 10.1 Å². The number of rotatable bonds is 5. The Balaban J connectivity index is 1.62. The molecule has 1 aromatic carbocycles. The first-order valence-electron chi connectivity index (χ1n) is 7.02. The largest absolute Gasteiger partial charge is 0.468 e. The highest BCUT2D eigenvalue weighted by atomic mass is 32.1. The summed E-state index contributed by atoms with van der Waals surface area (Å²) in [5, 5.41) is 5.62. The molecule has 0 radical (unpaired) electrons. The van der Waals surface area contributed by atoms with E-state index >= 15 is 0 Å². The Morgan fingerprint density at radius 1 is 1.32 bits per heavy atom. The van der Waals surface area contributed by atoms with Gasteiger partial charge in [-0.05, 0) is 12.8 Å². The number of aromatic nitrogens is 1. The molecule has 0 aliphatic heterocycles. The smallest absolute Gasteiger partial charge is 0.321 e. The van der Waals surface area contributed by atoms with E-state index in [9.17, 15) is 9.59 Å². The molecule has 5 nitrogen and oxygen atoms in total. The predicted octanol–water partition coefficient (Wildman–Crippen LogP) is 2.38. The third kappa shape index (κ3) is 2.74. The molecule has 1 amide bonds. The normalized spacial score (nSPS) is 15.1. The minimum Gasteiger partial charge on any atom is -0.468 e. The van der Waals surface area contributed by atoms with Crippen molar-refractivity contribution in [2.75, 3.05) is 7.11 Å². The first-order valence-corrected chi connectivity index (χ1v) is 7.90. The zero-order valence-corrected chi connectivity index (χ0v) is 13.0. The number of methoxy groups -OCH3 is 1. The molecule has 0 unspecified atom stereocenters. The number of hydrogen-bond donors (Lipinski definition) is 1. The quantitative estimate of drug-likeness (QED) is 0.679. The summed E-state index contributed by atoms with van der Waals surface area (Å²) in [5.41, 5.74) is 0.878. The molecule has 1 fully saturated rings. The fraction of sp³-hybridized carbons (Fsp3) is 0.312. The van der Waals surface area contributed by atoms with Crippen LogP contribution in [0.25, 0.3) is 10.6 Å².